The van der Waals surface area contributed by atoms with Gasteiger partial charge in [0.2, 0.25) is 11.7 Å². The van der Waals surface area contributed by atoms with Gasteiger partial charge in [-0.25, -0.2) is 8.78 Å². The van der Waals surface area contributed by atoms with Crippen LogP contribution in [0.2, 0.25) is 0 Å². The highest BCUT2D eigenvalue weighted by atomic mass is 19.2. The minimum absolute atomic E-state index is 0.0792. The molecule has 5 nitrogen and oxygen atoms in total. The van der Waals surface area contributed by atoms with Crippen LogP contribution in [0.3, 0.4) is 0 Å². The fourth-order valence-electron chi connectivity index (χ4n) is 2.14. The van der Waals surface area contributed by atoms with Gasteiger partial charge in [-0.3, -0.25) is 4.79 Å². The largest absolute Gasteiger partial charge is 0.485 e. The van der Waals surface area contributed by atoms with E-state index in [1.54, 1.807) is 37.3 Å². The average molecular weight is 356 g/mol. The van der Waals surface area contributed by atoms with Crippen LogP contribution in [0.5, 0.6) is 5.75 Å². The summed E-state index contributed by atoms with van der Waals surface area (Å²) in [5.74, 6) is -0.939. The maximum Gasteiger partial charge on any atom is 0.223 e. The SMILES string of the molecule is Cc1nc(COc2ccc(/C=C/C(=O)c3ccc(F)c(F)c3)cc2)no1. The van der Waals surface area contributed by atoms with Gasteiger partial charge in [0, 0.05) is 12.5 Å². The standard InChI is InChI=1S/C19H14F2N2O3/c1-12-22-19(23-26-12)11-25-15-6-2-13(3-7-15)4-9-18(24)14-5-8-16(20)17(21)10-14/h2-10H,11H2,1H3/b9-4+. The second-order valence-corrected chi connectivity index (χ2v) is 5.41. The fraction of sp³-hybridized carbons (Fsp3) is 0.105. The van der Waals surface area contributed by atoms with E-state index in [1.807, 2.05) is 0 Å². The monoisotopic (exact) mass is 356 g/mol. The van der Waals surface area contributed by atoms with E-state index >= 15 is 0 Å². The molecule has 0 fully saturated rings. The molecule has 0 N–H and O–H groups in total. The molecule has 0 radical (unpaired) electrons. The minimum atomic E-state index is -1.05. The Morgan fingerprint density at radius 3 is 2.58 bits per heavy atom. The zero-order valence-electron chi connectivity index (χ0n) is 13.8. The number of carbonyl (C=O) groups excluding carboxylic acids is 1. The van der Waals surface area contributed by atoms with Crippen molar-refractivity contribution in [3.63, 3.8) is 0 Å². The molecule has 0 aliphatic carbocycles. The molecule has 1 aromatic heterocycles. The molecule has 3 rings (SSSR count). The van der Waals surface area contributed by atoms with E-state index in [0.29, 0.717) is 17.5 Å². The van der Waals surface area contributed by atoms with Crippen molar-refractivity contribution in [1.29, 1.82) is 0 Å². The third kappa shape index (κ3) is 4.38. The molecule has 0 saturated heterocycles. The Balaban J connectivity index is 1.60. The molecule has 7 heteroatoms. The van der Waals surface area contributed by atoms with Crippen molar-refractivity contribution in [2.45, 2.75) is 13.5 Å². The van der Waals surface area contributed by atoms with Crippen LogP contribution in [-0.4, -0.2) is 15.9 Å². The summed E-state index contributed by atoms with van der Waals surface area (Å²) in [4.78, 5) is 16.0. The highest BCUT2D eigenvalue weighted by Crippen LogP contribution is 2.15. The van der Waals surface area contributed by atoms with Crippen molar-refractivity contribution in [3.05, 3.63) is 83.0 Å². The van der Waals surface area contributed by atoms with Crippen molar-refractivity contribution >= 4 is 11.9 Å². The van der Waals surface area contributed by atoms with Gasteiger partial charge in [0.25, 0.3) is 0 Å². The molecule has 0 bridgehead atoms. The lowest BCUT2D eigenvalue weighted by atomic mass is 10.1. The second-order valence-electron chi connectivity index (χ2n) is 5.41. The topological polar surface area (TPSA) is 65.2 Å². The number of benzene rings is 2. The number of allylic oxidation sites excluding steroid dienone is 1. The summed E-state index contributed by atoms with van der Waals surface area (Å²) in [5.41, 5.74) is 0.833. The Morgan fingerprint density at radius 1 is 1.15 bits per heavy atom. The van der Waals surface area contributed by atoms with Crippen LogP contribution in [0, 0.1) is 18.6 Å². The van der Waals surface area contributed by atoms with E-state index in [1.165, 1.54) is 12.1 Å². The molecule has 0 spiro atoms. The smallest absolute Gasteiger partial charge is 0.223 e. The molecule has 132 valence electrons. The normalized spacial score (nSPS) is 11.0. The van der Waals surface area contributed by atoms with Crippen LogP contribution in [0.1, 0.15) is 27.6 Å². The zero-order valence-corrected chi connectivity index (χ0v) is 13.8. The predicted molar refractivity (Wildman–Crippen MR) is 89.5 cm³/mol. The molecular weight excluding hydrogens is 342 g/mol. The van der Waals surface area contributed by atoms with Crippen LogP contribution in [0.25, 0.3) is 6.08 Å². The lowest BCUT2D eigenvalue weighted by Crippen LogP contribution is -1.97. The summed E-state index contributed by atoms with van der Waals surface area (Å²) < 4.78 is 36.4. The maximum atomic E-state index is 13.2. The van der Waals surface area contributed by atoms with Crippen molar-refractivity contribution in [1.82, 2.24) is 10.1 Å². The molecule has 0 unspecified atom stereocenters. The van der Waals surface area contributed by atoms with E-state index in [9.17, 15) is 13.6 Å². The second kappa shape index (κ2) is 7.69. The van der Waals surface area contributed by atoms with Gasteiger partial charge in [-0.15, -0.1) is 0 Å². The van der Waals surface area contributed by atoms with Gasteiger partial charge in [0.15, 0.2) is 24.0 Å². The third-order valence-corrected chi connectivity index (χ3v) is 3.45. The van der Waals surface area contributed by atoms with E-state index in [4.69, 9.17) is 9.26 Å². The Hall–Kier alpha value is -3.35. The van der Waals surface area contributed by atoms with Gasteiger partial charge in [-0.05, 0) is 42.0 Å². The highest BCUT2D eigenvalue weighted by molar-refractivity contribution is 6.06. The summed E-state index contributed by atoms with van der Waals surface area (Å²) in [5, 5.41) is 3.73. The van der Waals surface area contributed by atoms with Crippen LogP contribution in [0.15, 0.2) is 53.1 Å². The molecule has 0 atom stereocenters. The molecule has 0 aliphatic heterocycles. The molecule has 0 amide bonds. The number of carbonyl (C=O) groups is 1. The first kappa shape index (κ1) is 17.5. The molecule has 3 aromatic rings. The lowest BCUT2D eigenvalue weighted by molar-refractivity contribution is 0.104. The van der Waals surface area contributed by atoms with E-state index in [-0.39, 0.29) is 12.2 Å². The number of ketones is 1. The predicted octanol–water partition coefficient (Wildman–Crippen LogP) is 4.13. The fourth-order valence-corrected chi connectivity index (χ4v) is 2.14. The van der Waals surface area contributed by atoms with Gasteiger partial charge in [0.05, 0.1) is 0 Å². The van der Waals surface area contributed by atoms with E-state index in [2.05, 4.69) is 10.1 Å². The zero-order chi connectivity index (χ0) is 18.5. The molecule has 0 aliphatic rings. The van der Waals surface area contributed by atoms with E-state index in [0.717, 1.165) is 17.7 Å². The van der Waals surface area contributed by atoms with Crippen LogP contribution < -0.4 is 4.74 Å². The van der Waals surface area contributed by atoms with Crippen molar-refractivity contribution in [2.24, 2.45) is 0 Å². The maximum absolute atomic E-state index is 13.2. The van der Waals surface area contributed by atoms with Gasteiger partial charge in [0.1, 0.15) is 5.75 Å². The number of nitrogens with zero attached hydrogens (tertiary/aromatic N) is 2. The number of ether oxygens (including phenoxy) is 1. The number of hydrogen-bond donors (Lipinski definition) is 0. The molecule has 0 saturated carbocycles. The number of aromatic nitrogens is 2. The van der Waals surface area contributed by atoms with Crippen molar-refractivity contribution in [3.8, 4) is 5.75 Å². The quantitative estimate of drug-likeness (QED) is 0.491. The molecule has 2 aromatic carbocycles. The first-order valence-electron chi connectivity index (χ1n) is 7.71. The van der Waals surface area contributed by atoms with Crippen LogP contribution in [0.4, 0.5) is 8.78 Å². The molecular formula is C19H14F2N2O3. The van der Waals surface area contributed by atoms with Crippen molar-refractivity contribution < 1.29 is 22.8 Å². The number of hydrogen-bond acceptors (Lipinski definition) is 5. The van der Waals surface area contributed by atoms with Gasteiger partial charge >= 0.3 is 0 Å². The number of halogens is 2. The number of rotatable bonds is 6. The van der Waals surface area contributed by atoms with Crippen molar-refractivity contribution in [2.75, 3.05) is 0 Å². The Labute approximate surface area is 147 Å². The minimum Gasteiger partial charge on any atom is -0.485 e. The summed E-state index contributed by atoms with van der Waals surface area (Å²) >= 11 is 0. The van der Waals surface area contributed by atoms with Gasteiger partial charge in [-0.2, -0.15) is 4.98 Å². The summed E-state index contributed by atoms with van der Waals surface area (Å²) in [6, 6.07) is 10.0. The molecule has 1 heterocycles. The Kier molecular flexibility index (Phi) is 5.17. The number of aryl methyl sites for hydroxylation is 1. The summed E-state index contributed by atoms with van der Waals surface area (Å²) in [6.45, 7) is 1.88. The Bertz CT molecular complexity index is 950. The lowest BCUT2D eigenvalue weighted by Gasteiger charge is -2.03. The van der Waals surface area contributed by atoms with E-state index < -0.39 is 17.4 Å². The van der Waals surface area contributed by atoms with Gasteiger partial charge in [-0.1, -0.05) is 23.4 Å². The summed E-state index contributed by atoms with van der Waals surface area (Å²) in [6.07, 6.45) is 2.88. The van der Waals surface area contributed by atoms with Crippen LogP contribution >= 0.6 is 0 Å². The summed E-state index contributed by atoms with van der Waals surface area (Å²) in [7, 11) is 0. The highest BCUT2D eigenvalue weighted by Gasteiger charge is 2.07. The van der Waals surface area contributed by atoms with Crippen LogP contribution in [-0.2, 0) is 6.61 Å². The third-order valence-electron chi connectivity index (χ3n) is 3.45. The van der Waals surface area contributed by atoms with Gasteiger partial charge < -0.3 is 9.26 Å². The first-order chi connectivity index (χ1) is 12.5. The molecule has 26 heavy (non-hydrogen) atoms. The Morgan fingerprint density at radius 2 is 1.92 bits per heavy atom. The average Bonchev–Trinajstić information content (AvgIpc) is 3.06. The first-order valence-corrected chi connectivity index (χ1v) is 7.71.